The van der Waals surface area contributed by atoms with Gasteiger partial charge in [0.15, 0.2) is 0 Å². The van der Waals surface area contributed by atoms with Crippen LogP contribution >= 0.6 is 0 Å². The zero-order chi connectivity index (χ0) is 17.1. The maximum absolute atomic E-state index is 12.2. The van der Waals surface area contributed by atoms with E-state index >= 15 is 0 Å². The molecule has 0 saturated heterocycles. The number of hydrogen-bond acceptors (Lipinski definition) is 3. The number of para-hydroxylation sites is 1. The molecular weight excluding hydrogens is 298 g/mol. The number of carbonyl (C=O) groups excluding carboxylic acids is 1. The van der Waals surface area contributed by atoms with Crippen LogP contribution in [0.3, 0.4) is 0 Å². The highest BCUT2D eigenvalue weighted by atomic mass is 16.4. The van der Waals surface area contributed by atoms with Crippen LogP contribution < -0.4 is 4.90 Å². The standard InChI is InChI=1S/C17H15NO5/c1-10-6-5-9-13(11(10)2)18(15(19)17(22)23)14-8-4-3-7-12(14)16(20)21/h3-9H,1-2H3,(H,20,21)(H,22,23). The fourth-order valence-corrected chi connectivity index (χ4v) is 2.27. The molecule has 23 heavy (non-hydrogen) atoms. The van der Waals surface area contributed by atoms with Gasteiger partial charge in [0.05, 0.1) is 16.9 Å². The van der Waals surface area contributed by atoms with Gasteiger partial charge in [0, 0.05) is 0 Å². The highest BCUT2D eigenvalue weighted by molar-refractivity contribution is 6.39. The van der Waals surface area contributed by atoms with Gasteiger partial charge in [-0.05, 0) is 43.2 Å². The van der Waals surface area contributed by atoms with E-state index in [-0.39, 0.29) is 11.3 Å². The SMILES string of the molecule is Cc1cccc(N(C(=O)C(=O)O)c2ccccc2C(=O)O)c1C. The molecule has 0 heterocycles. The number of aromatic carboxylic acids is 1. The summed E-state index contributed by atoms with van der Waals surface area (Å²) < 4.78 is 0. The van der Waals surface area contributed by atoms with Crippen molar-refractivity contribution in [2.75, 3.05) is 4.90 Å². The number of aliphatic carboxylic acids is 1. The third kappa shape index (κ3) is 3.06. The number of amides is 1. The second-order valence-corrected chi connectivity index (χ2v) is 4.99. The molecule has 0 fully saturated rings. The van der Waals surface area contributed by atoms with Crippen LogP contribution in [0.5, 0.6) is 0 Å². The lowest BCUT2D eigenvalue weighted by atomic mass is 10.0. The molecule has 0 unspecified atom stereocenters. The highest BCUT2D eigenvalue weighted by Crippen LogP contribution is 2.32. The van der Waals surface area contributed by atoms with Gasteiger partial charge >= 0.3 is 17.8 Å². The van der Waals surface area contributed by atoms with E-state index in [9.17, 15) is 19.5 Å². The van der Waals surface area contributed by atoms with E-state index in [2.05, 4.69) is 0 Å². The summed E-state index contributed by atoms with van der Waals surface area (Å²) in [6, 6.07) is 10.9. The summed E-state index contributed by atoms with van der Waals surface area (Å²) in [7, 11) is 0. The molecule has 0 aromatic heterocycles. The quantitative estimate of drug-likeness (QED) is 0.850. The van der Waals surface area contributed by atoms with Crippen molar-refractivity contribution in [3.05, 3.63) is 59.2 Å². The molecular formula is C17H15NO5. The first kappa shape index (κ1) is 16.2. The van der Waals surface area contributed by atoms with Crippen molar-refractivity contribution in [3.63, 3.8) is 0 Å². The van der Waals surface area contributed by atoms with E-state index in [1.54, 1.807) is 25.1 Å². The van der Waals surface area contributed by atoms with E-state index in [1.807, 2.05) is 13.0 Å². The molecule has 1 amide bonds. The molecule has 0 radical (unpaired) electrons. The van der Waals surface area contributed by atoms with Gasteiger partial charge in [-0.1, -0.05) is 24.3 Å². The number of carbonyl (C=O) groups is 3. The first-order valence-electron chi connectivity index (χ1n) is 6.80. The van der Waals surface area contributed by atoms with Crippen molar-refractivity contribution < 1.29 is 24.6 Å². The van der Waals surface area contributed by atoms with E-state index in [1.165, 1.54) is 18.2 Å². The predicted molar refractivity (Wildman–Crippen MR) is 84.1 cm³/mol. The molecule has 0 bridgehead atoms. The van der Waals surface area contributed by atoms with Crippen LogP contribution in [0.1, 0.15) is 21.5 Å². The van der Waals surface area contributed by atoms with Crippen molar-refractivity contribution in [1.29, 1.82) is 0 Å². The summed E-state index contributed by atoms with van der Waals surface area (Å²) in [6.07, 6.45) is 0. The van der Waals surface area contributed by atoms with Gasteiger partial charge in [0.2, 0.25) is 0 Å². The molecule has 2 aromatic rings. The van der Waals surface area contributed by atoms with Crippen molar-refractivity contribution in [1.82, 2.24) is 0 Å². The first-order chi connectivity index (χ1) is 10.8. The lowest BCUT2D eigenvalue weighted by Gasteiger charge is -2.25. The molecule has 2 rings (SSSR count). The Kier molecular flexibility index (Phi) is 4.45. The van der Waals surface area contributed by atoms with Crippen LogP contribution in [0.4, 0.5) is 11.4 Å². The van der Waals surface area contributed by atoms with Gasteiger partial charge in [-0.2, -0.15) is 0 Å². The third-order valence-corrected chi connectivity index (χ3v) is 3.58. The molecule has 2 N–H and O–H groups in total. The number of anilines is 2. The number of carboxylic acids is 2. The lowest BCUT2D eigenvalue weighted by Crippen LogP contribution is -2.34. The normalized spacial score (nSPS) is 10.2. The van der Waals surface area contributed by atoms with Gasteiger partial charge in [0.25, 0.3) is 0 Å². The lowest BCUT2D eigenvalue weighted by molar-refractivity contribution is -0.148. The predicted octanol–water partition coefficient (Wildman–Crippen LogP) is 2.75. The Morgan fingerprint density at radius 2 is 1.48 bits per heavy atom. The van der Waals surface area contributed by atoms with Crippen LogP contribution in [0.15, 0.2) is 42.5 Å². The monoisotopic (exact) mass is 313 g/mol. The minimum atomic E-state index is -1.66. The molecule has 6 nitrogen and oxygen atoms in total. The Morgan fingerprint density at radius 1 is 0.870 bits per heavy atom. The highest BCUT2D eigenvalue weighted by Gasteiger charge is 2.29. The molecule has 0 aliphatic carbocycles. The second-order valence-electron chi connectivity index (χ2n) is 4.99. The summed E-state index contributed by atoms with van der Waals surface area (Å²) in [4.78, 5) is 35.8. The Labute approximate surface area is 132 Å². The van der Waals surface area contributed by atoms with Gasteiger partial charge in [0.1, 0.15) is 0 Å². The van der Waals surface area contributed by atoms with Crippen LogP contribution in [0.25, 0.3) is 0 Å². The number of rotatable bonds is 3. The maximum atomic E-state index is 12.2. The van der Waals surface area contributed by atoms with Crippen LogP contribution in [0, 0.1) is 13.8 Å². The smallest absolute Gasteiger partial charge is 0.395 e. The molecule has 0 atom stereocenters. The van der Waals surface area contributed by atoms with Crippen molar-refractivity contribution >= 4 is 29.2 Å². The van der Waals surface area contributed by atoms with Gasteiger partial charge < -0.3 is 10.2 Å². The third-order valence-electron chi connectivity index (χ3n) is 3.58. The molecule has 2 aromatic carbocycles. The number of nitrogens with zero attached hydrogens (tertiary/aromatic N) is 1. The van der Waals surface area contributed by atoms with E-state index in [0.29, 0.717) is 11.3 Å². The van der Waals surface area contributed by atoms with E-state index in [0.717, 1.165) is 10.5 Å². The Hall–Kier alpha value is -3.15. The second kappa shape index (κ2) is 6.31. The van der Waals surface area contributed by atoms with Crippen molar-refractivity contribution in [2.24, 2.45) is 0 Å². The number of benzene rings is 2. The average Bonchev–Trinajstić information content (AvgIpc) is 2.51. The van der Waals surface area contributed by atoms with Gasteiger partial charge in [-0.15, -0.1) is 0 Å². The van der Waals surface area contributed by atoms with E-state index in [4.69, 9.17) is 5.11 Å². The molecule has 0 saturated carbocycles. The summed E-state index contributed by atoms with van der Waals surface area (Å²) >= 11 is 0. The van der Waals surface area contributed by atoms with Crippen molar-refractivity contribution in [3.8, 4) is 0 Å². The molecule has 118 valence electrons. The zero-order valence-corrected chi connectivity index (χ0v) is 12.6. The summed E-state index contributed by atoms with van der Waals surface area (Å²) in [5.74, 6) is -4.12. The van der Waals surface area contributed by atoms with E-state index < -0.39 is 17.8 Å². The fraction of sp³-hybridized carbons (Fsp3) is 0.118. The maximum Gasteiger partial charge on any atom is 0.395 e. The zero-order valence-electron chi connectivity index (χ0n) is 12.6. The Bertz CT molecular complexity index is 797. The van der Waals surface area contributed by atoms with Gasteiger partial charge in [-0.3, -0.25) is 9.69 Å². The van der Waals surface area contributed by atoms with Crippen LogP contribution in [0.2, 0.25) is 0 Å². The molecule has 0 aliphatic heterocycles. The largest absolute Gasteiger partial charge is 0.478 e. The molecule has 0 spiro atoms. The fourth-order valence-electron chi connectivity index (χ4n) is 2.27. The number of aryl methyl sites for hydroxylation is 1. The molecule has 6 heteroatoms. The topological polar surface area (TPSA) is 94.9 Å². The average molecular weight is 313 g/mol. The Balaban J connectivity index is 2.75. The van der Waals surface area contributed by atoms with Crippen LogP contribution in [-0.2, 0) is 9.59 Å². The van der Waals surface area contributed by atoms with Crippen LogP contribution in [-0.4, -0.2) is 28.1 Å². The number of carboxylic acid groups (broad SMARTS) is 2. The minimum absolute atomic E-state index is 0.0149. The Morgan fingerprint density at radius 3 is 2.09 bits per heavy atom. The van der Waals surface area contributed by atoms with Gasteiger partial charge in [-0.25, -0.2) is 9.59 Å². The number of hydrogen-bond donors (Lipinski definition) is 2. The molecule has 0 aliphatic rings. The summed E-state index contributed by atoms with van der Waals surface area (Å²) in [5.41, 5.74) is 1.76. The first-order valence-corrected chi connectivity index (χ1v) is 6.80. The summed E-state index contributed by atoms with van der Waals surface area (Å²) in [5, 5.41) is 18.4. The minimum Gasteiger partial charge on any atom is -0.478 e. The summed E-state index contributed by atoms with van der Waals surface area (Å²) in [6.45, 7) is 3.57. The van der Waals surface area contributed by atoms with Crippen molar-refractivity contribution in [2.45, 2.75) is 13.8 Å².